The molecule has 0 aliphatic heterocycles. The fourth-order valence-electron chi connectivity index (χ4n) is 4.00. The molecule has 2 heterocycles. The minimum Gasteiger partial charge on any atom is -0.456 e. The number of pyridine rings is 2. The van der Waals surface area contributed by atoms with Gasteiger partial charge in [-0.05, 0) is 66.6 Å². The maximum absolute atomic E-state index is 13.4. The van der Waals surface area contributed by atoms with Crippen LogP contribution in [-0.2, 0) is 6.54 Å². The average molecular weight is 482 g/mol. The molecule has 1 N–H and O–H groups in total. The van der Waals surface area contributed by atoms with E-state index in [1.165, 1.54) is 12.1 Å². The Morgan fingerprint density at radius 1 is 0.889 bits per heavy atom. The zero-order valence-corrected chi connectivity index (χ0v) is 19.3. The van der Waals surface area contributed by atoms with Crippen LogP contribution in [0.3, 0.4) is 0 Å². The minimum atomic E-state index is -0.692. The van der Waals surface area contributed by atoms with Gasteiger partial charge in [0.1, 0.15) is 23.1 Å². The normalized spacial score (nSPS) is 10.9. The molecule has 0 aliphatic rings. The summed E-state index contributed by atoms with van der Waals surface area (Å²) in [4.78, 5) is 21.5. The topological polar surface area (TPSA) is 64.1 Å². The minimum absolute atomic E-state index is 0.00764. The summed E-state index contributed by atoms with van der Waals surface area (Å²) in [7, 11) is 0. The molecule has 0 fully saturated rings. The monoisotopic (exact) mass is 481 g/mol. The molecular formula is C29H21F2N3O2. The number of fused-ring (bicyclic) bond motifs is 1. The van der Waals surface area contributed by atoms with Crippen molar-refractivity contribution in [1.82, 2.24) is 15.3 Å². The van der Waals surface area contributed by atoms with Crippen molar-refractivity contribution < 1.29 is 18.3 Å². The van der Waals surface area contributed by atoms with Crippen LogP contribution in [0.2, 0.25) is 0 Å². The van der Waals surface area contributed by atoms with Crippen LogP contribution < -0.4 is 10.1 Å². The van der Waals surface area contributed by atoms with E-state index < -0.39 is 11.6 Å². The first-order valence-electron chi connectivity index (χ1n) is 11.3. The van der Waals surface area contributed by atoms with Crippen LogP contribution in [0, 0.1) is 18.6 Å². The Labute approximate surface area is 206 Å². The van der Waals surface area contributed by atoms with Gasteiger partial charge in [-0.25, -0.2) is 8.78 Å². The van der Waals surface area contributed by atoms with Gasteiger partial charge in [0.25, 0.3) is 5.91 Å². The second kappa shape index (κ2) is 9.92. The highest BCUT2D eigenvalue weighted by atomic mass is 19.1. The van der Waals surface area contributed by atoms with Crippen LogP contribution in [-0.4, -0.2) is 15.9 Å². The van der Waals surface area contributed by atoms with E-state index in [9.17, 15) is 13.6 Å². The highest BCUT2D eigenvalue weighted by molar-refractivity contribution is 5.96. The van der Waals surface area contributed by atoms with E-state index in [-0.39, 0.29) is 12.5 Å². The zero-order chi connectivity index (χ0) is 25.1. The predicted molar refractivity (Wildman–Crippen MR) is 134 cm³/mol. The molecule has 2 aromatic heterocycles. The van der Waals surface area contributed by atoms with E-state index in [1.54, 1.807) is 49.8 Å². The average Bonchev–Trinajstić information content (AvgIpc) is 2.88. The maximum atomic E-state index is 13.4. The smallest absolute Gasteiger partial charge is 0.251 e. The zero-order valence-electron chi connectivity index (χ0n) is 19.3. The highest BCUT2D eigenvalue weighted by Gasteiger charge is 2.15. The molecule has 0 bridgehead atoms. The number of carbonyl (C=O) groups excluding carboxylic acids is 1. The van der Waals surface area contributed by atoms with Gasteiger partial charge in [0, 0.05) is 53.3 Å². The number of aromatic nitrogens is 2. The van der Waals surface area contributed by atoms with Gasteiger partial charge >= 0.3 is 0 Å². The number of benzene rings is 3. The molecule has 0 atom stereocenters. The lowest BCUT2D eigenvalue weighted by Crippen LogP contribution is -2.23. The van der Waals surface area contributed by atoms with E-state index in [2.05, 4.69) is 15.3 Å². The Morgan fingerprint density at radius 3 is 2.50 bits per heavy atom. The Bertz CT molecular complexity index is 1550. The third kappa shape index (κ3) is 4.90. The standard InChI is InChI=1S/C29H21F2N3O2/c1-18-24(29(35)34-16-19-12-22(30)15-23(31)13-19)5-2-6-27(18)36-28-9-11-33-26-14-20(7-8-25(26)28)21-4-3-10-32-17-21/h2-15,17H,16H2,1H3,(H,34,35). The van der Waals surface area contributed by atoms with Crippen molar-refractivity contribution in [2.45, 2.75) is 13.5 Å². The van der Waals surface area contributed by atoms with Crippen molar-refractivity contribution in [3.63, 3.8) is 0 Å². The molecule has 7 heteroatoms. The maximum Gasteiger partial charge on any atom is 0.251 e. The first kappa shape index (κ1) is 23.1. The molecule has 0 aliphatic carbocycles. The number of rotatable bonds is 6. The van der Waals surface area contributed by atoms with Gasteiger partial charge in [-0.15, -0.1) is 0 Å². The second-order valence-corrected chi connectivity index (χ2v) is 8.27. The Kier molecular flexibility index (Phi) is 6.36. The van der Waals surface area contributed by atoms with Crippen molar-refractivity contribution in [3.8, 4) is 22.6 Å². The van der Waals surface area contributed by atoms with Crippen LogP contribution in [0.1, 0.15) is 21.5 Å². The molecule has 0 saturated carbocycles. The first-order chi connectivity index (χ1) is 17.5. The van der Waals surface area contributed by atoms with Gasteiger partial charge in [0.15, 0.2) is 0 Å². The molecule has 0 spiro atoms. The number of amides is 1. The number of nitrogens with zero attached hydrogens (tertiary/aromatic N) is 2. The SMILES string of the molecule is Cc1c(Oc2ccnc3cc(-c4cccnc4)ccc23)cccc1C(=O)NCc1cc(F)cc(F)c1. The van der Waals surface area contributed by atoms with Crippen LogP contribution in [0.5, 0.6) is 11.5 Å². The van der Waals surface area contributed by atoms with E-state index in [4.69, 9.17) is 4.74 Å². The molecule has 178 valence electrons. The molecule has 0 saturated heterocycles. The molecular weight excluding hydrogens is 460 g/mol. The summed E-state index contributed by atoms with van der Waals surface area (Å²) in [5, 5.41) is 3.54. The largest absolute Gasteiger partial charge is 0.456 e. The van der Waals surface area contributed by atoms with Crippen LogP contribution in [0.15, 0.2) is 91.4 Å². The summed E-state index contributed by atoms with van der Waals surface area (Å²) < 4.78 is 33.1. The van der Waals surface area contributed by atoms with Crippen molar-refractivity contribution in [3.05, 3.63) is 120 Å². The van der Waals surface area contributed by atoms with Gasteiger partial charge in [0.2, 0.25) is 0 Å². The third-order valence-corrected chi connectivity index (χ3v) is 5.82. The van der Waals surface area contributed by atoms with Crippen LogP contribution in [0.4, 0.5) is 8.78 Å². The van der Waals surface area contributed by atoms with Crippen LogP contribution >= 0.6 is 0 Å². The quantitative estimate of drug-likeness (QED) is 0.297. The van der Waals surface area contributed by atoms with Crippen molar-refractivity contribution >= 4 is 16.8 Å². The Morgan fingerprint density at radius 2 is 1.72 bits per heavy atom. The first-order valence-corrected chi connectivity index (χ1v) is 11.3. The second-order valence-electron chi connectivity index (χ2n) is 8.27. The van der Waals surface area contributed by atoms with Crippen molar-refractivity contribution in [2.24, 2.45) is 0 Å². The van der Waals surface area contributed by atoms with Crippen LogP contribution in [0.25, 0.3) is 22.0 Å². The fourth-order valence-corrected chi connectivity index (χ4v) is 4.00. The van der Waals surface area contributed by atoms with Gasteiger partial charge in [0.05, 0.1) is 5.52 Å². The molecule has 0 unspecified atom stereocenters. The molecule has 3 aromatic carbocycles. The highest BCUT2D eigenvalue weighted by Crippen LogP contribution is 2.33. The summed E-state index contributed by atoms with van der Waals surface area (Å²) in [5.74, 6) is -0.633. The molecule has 5 aromatic rings. The number of ether oxygens (including phenoxy) is 1. The molecule has 36 heavy (non-hydrogen) atoms. The lowest BCUT2D eigenvalue weighted by molar-refractivity contribution is 0.0950. The number of halogens is 2. The molecule has 5 nitrogen and oxygen atoms in total. The van der Waals surface area contributed by atoms with Gasteiger partial charge in [-0.2, -0.15) is 0 Å². The third-order valence-electron chi connectivity index (χ3n) is 5.82. The summed E-state index contributed by atoms with van der Waals surface area (Å²) in [5.41, 5.74) is 4.12. The van der Waals surface area contributed by atoms with E-state index in [0.717, 1.165) is 28.1 Å². The van der Waals surface area contributed by atoms with Crippen molar-refractivity contribution in [1.29, 1.82) is 0 Å². The Hall–Kier alpha value is -4.65. The van der Waals surface area contributed by atoms with Gasteiger partial charge in [-0.3, -0.25) is 14.8 Å². The number of nitrogens with one attached hydrogen (secondary N) is 1. The van der Waals surface area contributed by atoms with Gasteiger partial charge in [-0.1, -0.05) is 18.2 Å². The van der Waals surface area contributed by atoms with E-state index >= 15 is 0 Å². The summed E-state index contributed by atoms with van der Waals surface area (Å²) in [6, 6.07) is 19.9. The van der Waals surface area contributed by atoms with Crippen molar-refractivity contribution in [2.75, 3.05) is 0 Å². The molecule has 1 amide bonds. The summed E-state index contributed by atoms with van der Waals surface area (Å²) in [6.07, 6.45) is 5.20. The summed E-state index contributed by atoms with van der Waals surface area (Å²) >= 11 is 0. The lowest BCUT2D eigenvalue weighted by Gasteiger charge is -2.14. The lowest BCUT2D eigenvalue weighted by atomic mass is 10.0. The predicted octanol–water partition coefficient (Wildman–Crippen LogP) is 6.61. The number of hydrogen-bond donors (Lipinski definition) is 1. The molecule has 5 rings (SSSR count). The number of carbonyl (C=O) groups is 1. The summed E-state index contributed by atoms with van der Waals surface area (Å²) in [6.45, 7) is 1.78. The van der Waals surface area contributed by atoms with E-state index in [1.807, 2.05) is 30.3 Å². The number of hydrogen-bond acceptors (Lipinski definition) is 4. The van der Waals surface area contributed by atoms with E-state index in [0.29, 0.717) is 28.2 Å². The van der Waals surface area contributed by atoms with Gasteiger partial charge < -0.3 is 10.1 Å². The fraction of sp³-hybridized carbons (Fsp3) is 0.0690. The molecule has 0 radical (unpaired) electrons. The Balaban J connectivity index is 1.38.